The van der Waals surface area contributed by atoms with Crippen molar-refractivity contribution in [1.29, 1.82) is 0 Å². The summed E-state index contributed by atoms with van der Waals surface area (Å²) in [6.45, 7) is 1.26. The lowest BCUT2D eigenvalue weighted by Crippen LogP contribution is -2.38. The van der Waals surface area contributed by atoms with Crippen molar-refractivity contribution in [2.24, 2.45) is 5.92 Å². The van der Waals surface area contributed by atoms with Crippen LogP contribution in [0.5, 0.6) is 0 Å². The van der Waals surface area contributed by atoms with Crippen molar-refractivity contribution in [3.8, 4) is 0 Å². The van der Waals surface area contributed by atoms with Gasteiger partial charge in [0, 0.05) is 36.1 Å². The highest BCUT2D eigenvalue weighted by Gasteiger charge is 2.28. The van der Waals surface area contributed by atoms with Crippen LogP contribution in [-0.2, 0) is 17.6 Å². The summed E-state index contributed by atoms with van der Waals surface area (Å²) in [4.78, 5) is 26.0. The molecule has 6 nitrogen and oxygen atoms in total. The molecule has 1 N–H and O–H groups in total. The van der Waals surface area contributed by atoms with Gasteiger partial charge < -0.3 is 10.2 Å². The average molecular weight is 401 g/mol. The molecule has 2 aliphatic rings. The van der Waals surface area contributed by atoms with Gasteiger partial charge in [0.15, 0.2) is 0 Å². The number of nitrogens with one attached hydrogen (secondary N) is 1. The van der Waals surface area contributed by atoms with E-state index in [-0.39, 0.29) is 22.4 Å². The van der Waals surface area contributed by atoms with E-state index in [1.807, 2.05) is 17.0 Å². The monoisotopic (exact) mass is 401 g/mol. The molecule has 0 unspecified atom stereocenters. The van der Waals surface area contributed by atoms with Crippen molar-refractivity contribution in [3.63, 3.8) is 0 Å². The predicted octanol–water partition coefficient (Wildman–Crippen LogP) is 4.70. The molecule has 0 radical (unpaired) electrons. The van der Waals surface area contributed by atoms with Gasteiger partial charge in [0.1, 0.15) is 5.69 Å². The molecule has 5 rings (SSSR count). The van der Waals surface area contributed by atoms with E-state index in [9.17, 15) is 14.9 Å². The first-order valence-electron chi connectivity index (χ1n) is 10.4. The molecule has 1 aliphatic heterocycles. The third-order valence-electron chi connectivity index (χ3n) is 6.42. The van der Waals surface area contributed by atoms with E-state index in [2.05, 4.69) is 29.6 Å². The number of aryl methyl sites for hydroxylation is 2. The molecule has 1 aliphatic carbocycles. The quantitative estimate of drug-likeness (QED) is 0.508. The highest BCUT2D eigenvalue weighted by Crippen LogP contribution is 2.36. The van der Waals surface area contributed by atoms with Crippen LogP contribution in [0.1, 0.15) is 24.0 Å². The maximum atomic E-state index is 13.0. The number of nitrogens with zero attached hydrogens (tertiary/aromatic N) is 2. The molecule has 0 saturated carbocycles. The third-order valence-corrected chi connectivity index (χ3v) is 6.42. The smallest absolute Gasteiger partial charge is 0.292 e. The van der Waals surface area contributed by atoms with Gasteiger partial charge in [-0.15, -0.1) is 0 Å². The SMILES string of the molecule is O=C(Nc1ccc2c3c(cccc13)CC2)C1CCN(c2ccccc2[N+](=O)[O-])CC1. The lowest BCUT2D eigenvalue weighted by molar-refractivity contribution is -0.384. The summed E-state index contributed by atoms with van der Waals surface area (Å²) in [5.41, 5.74) is 4.35. The van der Waals surface area contributed by atoms with Crippen molar-refractivity contribution in [3.05, 3.63) is 75.8 Å². The molecule has 1 amide bonds. The minimum absolute atomic E-state index is 0.0379. The van der Waals surface area contributed by atoms with Crippen molar-refractivity contribution < 1.29 is 9.72 Å². The van der Waals surface area contributed by atoms with Gasteiger partial charge in [-0.3, -0.25) is 14.9 Å². The van der Waals surface area contributed by atoms with Gasteiger partial charge in [-0.2, -0.15) is 0 Å². The Morgan fingerprint density at radius 3 is 2.47 bits per heavy atom. The van der Waals surface area contributed by atoms with Crippen LogP contribution in [0, 0.1) is 16.0 Å². The van der Waals surface area contributed by atoms with Crippen molar-refractivity contribution in [2.75, 3.05) is 23.3 Å². The molecular formula is C24H23N3O3. The van der Waals surface area contributed by atoms with E-state index < -0.39 is 0 Å². The van der Waals surface area contributed by atoms with Gasteiger partial charge in [-0.05, 0) is 54.3 Å². The first-order valence-corrected chi connectivity index (χ1v) is 10.4. The average Bonchev–Trinajstić information content (AvgIpc) is 3.20. The van der Waals surface area contributed by atoms with E-state index in [0.717, 1.165) is 23.9 Å². The van der Waals surface area contributed by atoms with Gasteiger partial charge in [-0.25, -0.2) is 0 Å². The molecule has 152 valence electrons. The van der Waals surface area contributed by atoms with Gasteiger partial charge >= 0.3 is 0 Å². The zero-order valence-corrected chi connectivity index (χ0v) is 16.6. The molecule has 3 aromatic carbocycles. The molecule has 6 heteroatoms. The molecule has 0 bridgehead atoms. The summed E-state index contributed by atoms with van der Waals surface area (Å²) in [7, 11) is 0. The molecule has 3 aromatic rings. The zero-order valence-electron chi connectivity index (χ0n) is 16.6. The summed E-state index contributed by atoms with van der Waals surface area (Å²) < 4.78 is 0. The second-order valence-electron chi connectivity index (χ2n) is 8.11. The van der Waals surface area contributed by atoms with Crippen LogP contribution in [-0.4, -0.2) is 23.9 Å². The fourth-order valence-electron chi connectivity index (χ4n) is 4.86. The number of nitro groups is 1. The minimum Gasteiger partial charge on any atom is -0.366 e. The highest BCUT2D eigenvalue weighted by atomic mass is 16.6. The van der Waals surface area contributed by atoms with Crippen LogP contribution in [0.2, 0.25) is 0 Å². The normalized spacial score (nSPS) is 16.1. The summed E-state index contributed by atoms with van der Waals surface area (Å²) in [5, 5.41) is 16.9. The number of nitro benzene ring substituents is 1. The molecule has 1 fully saturated rings. The largest absolute Gasteiger partial charge is 0.366 e. The topological polar surface area (TPSA) is 75.5 Å². The number of benzene rings is 3. The molecule has 0 spiro atoms. The summed E-state index contributed by atoms with van der Waals surface area (Å²) >= 11 is 0. The number of hydrogen-bond donors (Lipinski definition) is 1. The number of anilines is 2. The highest BCUT2D eigenvalue weighted by molar-refractivity contribution is 6.05. The Hall–Kier alpha value is -3.41. The fraction of sp³-hybridized carbons (Fsp3) is 0.292. The lowest BCUT2D eigenvalue weighted by Gasteiger charge is -2.32. The molecule has 0 aromatic heterocycles. The number of carbonyl (C=O) groups excluding carboxylic acids is 1. The maximum absolute atomic E-state index is 13.0. The number of hydrogen-bond acceptors (Lipinski definition) is 4. The minimum atomic E-state index is -0.343. The second-order valence-corrected chi connectivity index (χ2v) is 8.11. The number of para-hydroxylation sites is 2. The summed E-state index contributed by atoms with van der Waals surface area (Å²) in [5.74, 6) is -0.0528. The molecule has 1 saturated heterocycles. The van der Waals surface area contributed by atoms with Gasteiger partial charge in [0.25, 0.3) is 5.69 Å². The Kier molecular flexibility index (Phi) is 4.62. The van der Waals surface area contributed by atoms with Crippen LogP contribution in [0.15, 0.2) is 54.6 Å². The molecular weight excluding hydrogens is 378 g/mol. The van der Waals surface area contributed by atoms with Gasteiger partial charge in [0.05, 0.1) is 4.92 Å². The molecule has 0 atom stereocenters. The van der Waals surface area contributed by atoms with Crippen molar-refractivity contribution in [1.82, 2.24) is 0 Å². The Bertz CT molecular complexity index is 1140. The van der Waals surface area contributed by atoms with Crippen LogP contribution in [0.3, 0.4) is 0 Å². The number of carbonyl (C=O) groups is 1. The summed E-state index contributed by atoms with van der Waals surface area (Å²) in [6.07, 6.45) is 3.49. The van der Waals surface area contributed by atoms with E-state index in [0.29, 0.717) is 31.6 Å². The van der Waals surface area contributed by atoms with Crippen LogP contribution >= 0.6 is 0 Å². The Balaban J connectivity index is 1.30. The first kappa shape index (κ1) is 18.6. The van der Waals surface area contributed by atoms with E-state index in [1.54, 1.807) is 12.1 Å². The van der Waals surface area contributed by atoms with E-state index in [1.165, 1.54) is 22.6 Å². The van der Waals surface area contributed by atoms with Gasteiger partial charge in [-0.1, -0.05) is 36.4 Å². The van der Waals surface area contributed by atoms with E-state index >= 15 is 0 Å². The standard InChI is InChI=1S/C24H23N3O3/c28-24(25-20-11-10-17-9-8-16-4-3-5-19(20)23(16)17)18-12-14-26(15-13-18)21-6-1-2-7-22(21)27(29)30/h1-7,10-11,18H,8-9,12-15H2,(H,25,28). The number of piperidine rings is 1. The zero-order chi connectivity index (χ0) is 20.7. The third kappa shape index (κ3) is 3.18. The number of amides is 1. The predicted molar refractivity (Wildman–Crippen MR) is 118 cm³/mol. The van der Waals surface area contributed by atoms with Crippen molar-refractivity contribution >= 4 is 33.7 Å². The molecule has 30 heavy (non-hydrogen) atoms. The van der Waals surface area contributed by atoms with Crippen LogP contribution < -0.4 is 10.2 Å². The van der Waals surface area contributed by atoms with E-state index in [4.69, 9.17) is 0 Å². The molecule has 1 heterocycles. The Labute approximate surface area is 174 Å². The first-order chi connectivity index (χ1) is 14.6. The van der Waals surface area contributed by atoms with Crippen molar-refractivity contribution in [2.45, 2.75) is 25.7 Å². The lowest BCUT2D eigenvalue weighted by atomic mass is 9.95. The maximum Gasteiger partial charge on any atom is 0.292 e. The Morgan fingerprint density at radius 1 is 0.967 bits per heavy atom. The number of rotatable bonds is 4. The fourth-order valence-corrected chi connectivity index (χ4v) is 4.86. The van der Waals surface area contributed by atoms with Gasteiger partial charge in [0.2, 0.25) is 5.91 Å². The summed E-state index contributed by atoms with van der Waals surface area (Å²) in [6, 6.07) is 17.3. The Morgan fingerprint density at radius 2 is 1.70 bits per heavy atom. The van der Waals surface area contributed by atoms with Crippen LogP contribution in [0.4, 0.5) is 17.1 Å². The van der Waals surface area contributed by atoms with Crippen LogP contribution in [0.25, 0.3) is 10.8 Å². The second kappa shape index (κ2) is 7.44.